The molecule has 106 valence electrons. The number of aryl methyl sites for hydroxylation is 2. The van der Waals surface area contributed by atoms with Gasteiger partial charge in [0.05, 0.1) is 12.0 Å². The Labute approximate surface area is 115 Å². The van der Waals surface area contributed by atoms with E-state index in [-0.39, 0.29) is 6.04 Å². The number of hydrogen-bond donors (Lipinski definition) is 1. The molecular formula is C14H21NO3S. The normalized spacial score (nSPS) is 16.8. The summed E-state index contributed by atoms with van der Waals surface area (Å²) >= 11 is 0. The Kier molecular flexibility index (Phi) is 4.16. The van der Waals surface area contributed by atoms with Gasteiger partial charge in [0, 0.05) is 12.1 Å². The van der Waals surface area contributed by atoms with E-state index in [4.69, 9.17) is 4.74 Å². The fourth-order valence-corrected chi connectivity index (χ4v) is 4.20. The third kappa shape index (κ3) is 3.09. The van der Waals surface area contributed by atoms with Crippen molar-refractivity contribution in [2.24, 2.45) is 0 Å². The number of methoxy groups -OCH3 is 1. The highest BCUT2D eigenvalue weighted by atomic mass is 32.2. The summed E-state index contributed by atoms with van der Waals surface area (Å²) in [4.78, 5) is 0.321. The molecule has 0 amide bonds. The summed E-state index contributed by atoms with van der Waals surface area (Å²) in [7, 11) is -1.90. The van der Waals surface area contributed by atoms with Crippen molar-refractivity contribution in [3.8, 4) is 5.75 Å². The molecule has 0 atom stereocenters. The highest BCUT2D eigenvalue weighted by Gasteiger charge is 2.24. The second kappa shape index (κ2) is 5.51. The van der Waals surface area contributed by atoms with Crippen molar-refractivity contribution in [1.29, 1.82) is 0 Å². The maximum absolute atomic E-state index is 12.4. The molecule has 1 aromatic rings. The van der Waals surface area contributed by atoms with Crippen LogP contribution in [0.5, 0.6) is 5.75 Å². The lowest BCUT2D eigenvalue weighted by Crippen LogP contribution is -2.33. The summed E-state index contributed by atoms with van der Waals surface area (Å²) in [6.45, 7) is 3.72. The molecule has 1 aliphatic rings. The lowest BCUT2D eigenvalue weighted by molar-refractivity contribution is 0.410. The molecule has 2 rings (SSSR count). The van der Waals surface area contributed by atoms with E-state index in [1.807, 2.05) is 19.9 Å². The van der Waals surface area contributed by atoms with Gasteiger partial charge in [0.1, 0.15) is 5.75 Å². The molecule has 0 spiro atoms. The zero-order valence-electron chi connectivity index (χ0n) is 11.7. The molecule has 1 saturated carbocycles. The van der Waals surface area contributed by atoms with E-state index in [1.54, 1.807) is 13.2 Å². The molecular weight excluding hydrogens is 262 g/mol. The number of ether oxygens (including phenoxy) is 1. The number of hydrogen-bond acceptors (Lipinski definition) is 3. The molecule has 4 nitrogen and oxygen atoms in total. The van der Waals surface area contributed by atoms with Gasteiger partial charge < -0.3 is 4.74 Å². The summed E-state index contributed by atoms with van der Waals surface area (Å²) in [6, 6.07) is 3.54. The van der Waals surface area contributed by atoms with Gasteiger partial charge in [-0.3, -0.25) is 0 Å². The van der Waals surface area contributed by atoms with Crippen LogP contribution in [0.4, 0.5) is 0 Å². The van der Waals surface area contributed by atoms with Gasteiger partial charge in [-0.15, -0.1) is 0 Å². The van der Waals surface area contributed by atoms with E-state index in [1.165, 1.54) is 0 Å². The van der Waals surface area contributed by atoms with Crippen LogP contribution in [-0.4, -0.2) is 21.6 Å². The topological polar surface area (TPSA) is 55.4 Å². The zero-order valence-corrected chi connectivity index (χ0v) is 12.5. The largest absolute Gasteiger partial charge is 0.496 e. The van der Waals surface area contributed by atoms with E-state index in [9.17, 15) is 8.42 Å². The second-order valence-corrected chi connectivity index (χ2v) is 6.87. The molecule has 1 fully saturated rings. The summed E-state index contributed by atoms with van der Waals surface area (Å²) < 4.78 is 32.9. The highest BCUT2D eigenvalue weighted by Crippen LogP contribution is 2.27. The summed E-state index contributed by atoms with van der Waals surface area (Å²) in [5.41, 5.74) is 1.70. The number of benzene rings is 1. The van der Waals surface area contributed by atoms with Gasteiger partial charge >= 0.3 is 0 Å². The predicted octanol–water partition coefficient (Wildman–Crippen LogP) is 2.53. The SMILES string of the molecule is COc1cc(S(=O)(=O)NC2CCCC2)c(C)cc1C. The Balaban J connectivity index is 2.33. The van der Waals surface area contributed by atoms with Crippen molar-refractivity contribution in [3.63, 3.8) is 0 Å². The first-order chi connectivity index (χ1) is 8.94. The zero-order chi connectivity index (χ0) is 14.0. The summed E-state index contributed by atoms with van der Waals surface area (Å²) in [5.74, 6) is 0.609. The Morgan fingerprint density at radius 3 is 2.37 bits per heavy atom. The van der Waals surface area contributed by atoms with Crippen molar-refractivity contribution in [3.05, 3.63) is 23.3 Å². The first-order valence-corrected chi connectivity index (χ1v) is 8.10. The Morgan fingerprint density at radius 1 is 1.16 bits per heavy atom. The quantitative estimate of drug-likeness (QED) is 0.924. The molecule has 0 bridgehead atoms. The van der Waals surface area contributed by atoms with Gasteiger partial charge in [0.2, 0.25) is 10.0 Å². The maximum Gasteiger partial charge on any atom is 0.241 e. The molecule has 0 unspecified atom stereocenters. The first-order valence-electron chi connectivity index (χ1n) is 6.61. The van der Waals surface area contributed by atoms with Crippen LogP contribution in [0.1, 0.15) is 36.8 Å². The molecule has 0 aliphatic heterocycles. The second-order valence-electron chi connectivity index (χ2n) is 5.19. The van der Waals surface area contributed by atoms with Crippen molar-refractivity contribution in [1.82, 2.24) is 4.72 Å². The van der Waals surface area contributed by atoms with Crippen LogP contribution in [-0.2, 0) is 10.0 Å². The fourth-order valence-electron chi connectivity index (χ4n) is 2.65. The van der Waals surface area contributed by atoms with Crippen molar-refractivity contribution >= 4 is 10.0 Å². The molecule has 0 saturated heterocycles. The van der Waals surface area contributed by atoms with Gasteiger partial charge in [-0.25, -0.2) is 13.1 Å². The molecule has 5 heteroatoms. The molecule has 1 N–H and O–H groups in total. The molecule has 0 aromatic heterocycles. The van der Waals surface area contributed by atoms with Gasteiger partial charge in [0.25, 0.3) is 0 Å². The van der Waals surface area contributed by atoms with Crippen molar-refractivity contribution in [2.45, 2.75) is 50.5 Å². The number of rotatable bonds is 4. The minimum Gasteiger partial charge on any atom is -0.496 e. The lowest BCUT2D eigenvalue weighted by Gasteiger charge is -2.16. The van der Waals surface area contributed by atoms with Gasteiger partial charge in [0.15, 0.2) is 0 Å². The van der Waals surface area contributed by atoms with Gasteiger partial charge in [-0.05, 0) is 37.8 Å². The fraction of sp³-hybridized carbons (Fsp3) is 0.571. The van der Waals surface area contributed by atoms with Gasteiger partial charge in [-0.2, -0.15) is 0 Å². The Hall–Kier alpha value is -1.07. The lowest BCUT2D eigenvalue weighted by atomic mass is 10.1. The van der Waals surface area contributed by atoms with Crippen LogP contribution in [0.2, 0.25) is 0 Å². The van der Waals surface area contributed by atoms with E-state index < -0.39 is 10.0 Å². The predicted molar refractivity (Wildman–Crippen MR) is 75.0 cm³/mol. The minimum atomic E-state index is -3.45. The average Bonchev–Trinajstić information content (AvgIpc) is 2.80. The van der Waals surface area contributed by atoms with Gasteiger partial charge in [-0.1, -0.05) is 18.9 Å². The monoisotopic (exact) mass is 283 g/mol. The Bertz CT molecular complexity index is 560. The van der Waals surface area contributed by atoms with E-state index in [0.29, 0.717) is 10.6 Å². The Morgan fingerprint density at radius 2 is 1.79 bits per heavy atom. The highest BCUT2D eigenvalue weighted by molar-refractivity contribution is 7.89. The van der Waals surface area contributed by atoms with Crippen LogP contribution in [0.25, 0.3) is 0 Å². The molecule has 19 heavy (non-hydrogen) atoms. The smallest absolute Gasteiger partial charge is 0.241 e. The standard InChI is InChI=1S/C14H21NO3S/c1-10-8-11(2)14(9-13(10)18-3)19(16,17)15-12-6-4-5-7-12/h8-9,12,15H,4-7H2,1-3H3. The molecule has 1 aromatic carbocycles. The minimum absolute atomic E-state index is 0.0803. The van der Waals surface area contributed by atoms with E-state index in [2.05, 4.69) is 4.72 Å². The van der Waals surface area contributed by atoms with Crippen LogP contribution in [0, 0.1) is 13.8 Å². The molecule has 1 aliphatic carbocycles. The number of sulfonamides is 1. The van der Waals surface area contributed by atoms with Crippen molar-refractivity contribution in [2.75, 3.05) is 7.11 Å². The third-order valence-electron chi connectivity index (χ3n) is 3.66. The van der Waals surface area contributed by atoms with Crippen molar-refractivity contribution < 1.29 is 13.2 Å². The summed E-state index contributed by atoms with van der Waals surface area (Å²) in [5, 5.41) is 0. The number of nitrogens with one attached hydrogen (secondary N) is 1. The molecule has 0 heterocycles. The maximum atomic E-state index is 12.4. The average molecular weight is 283 g/mol. The van der Waals surface area contributed by atoms with Crippen LogP contribution < -0.4 is 9.46 Å². The summed E-state index contributed by atoms with van der Waals surface area (Å²) in [6.07, 6.45) is 4.06. The first kappa shape index (κ1) is 14.3. The van der Waals surface area contributed by atoms with E-state index >= 15 is 0 Å². The van der Waals surface area contributed by atoms with Crippen LogP contribution >= 0.6 is 0 Å². The van der Waals surface area contributed by atoms with E-state index in [0.717, 1.165) is 36.8 Å². The van der Waals surface area contributed by atoms with Crippen LogP contribution in [0.15, 0.2) is 17.0 Å². The molecule has 0 radical (unpaired) electrons. The third-order valence-corrected chi connectivity index (χ3v) is 5.32. The van der Waals surface area contributed by atoms with Crippen LogP contribution in [0.3, 0.4) is 0 Å².